The van der Waals surface area contributed by atoms with Crippen molar-refractivity contribution in [2.75, 3.05) is 6.54 Å². The van der Waals surface area contributed by atoms with E-state index in [9.17, 15) is 33.0 Å². The summed E-state index contributed by atoms with van der Waals surface area (Å²) in [6.07, 6.45) is -0.765. The van der Waals surface area contributed by atoms with E-state index in [0.717, 1.165) is 0 Å². The lowest BCUT2D eigenvalue weighted by molar-refractivity contribution is -0.154. The number of carboxylic acids is 2. The molecule has 0 aromatic heterocycles. The Morgan fingerprint density at radius 3 is 2.05 bits per heavy atom. The molecule has 1 aliphatic heterocycles. The molecule has 3 rings (SSSR count). The number of carbonyl (C=O) groups is 3. The number of benzene rings is 2. The Morgan fingerprint density at radius 1 is 0.975 bits per heavy atom. The molecule has 3 N–H and O–H groups in total. The van der Waals surface area contributed by atoms with Crippen molar-refractivity contribution >= 4 is 27.9 Å². The molecule has 3 atom stereocenters. The first kappa shape index (κ1) is 31.1. The highest BCUT2D eigenvalue weighted by Gasteiger charge is 2.67. The molecule has 1 heterocycles. The van der Waals surface area contributed by atoms with Crippen LogP contribution in [0.15, 0.2) is 59.5 Å². The number of hydrogen-bond acceptors (Lipinski definition) is 7. The summed E-state index contributed by atoms with van der Waals surface area (Å²) in [4.78, 5) is 40.4. The van der Waals surface area contributed by atoms with Gasteiger partial charge in [0.2, 0.25) is 0 Å². The summed E-state index contributed by atoms with van der Waals surface area (Å²) in [5.74, 6) is -3.92. The molecule has 1 aliphatic rings. The van der Waals surface area contributed by atoms with E-state index in [4.69, 9.17) is 4.74 Å². The van der Waals surface area contributed by atoms with Gasteiger partial charge in [0.25, 0.3) is 0 Å². The molecule has 2 aromatic carbocycles. The average Bonchev–Trinajstić information content (AvgIpc) is 3.14. The van der Waals surface area contributed by atoms with Crippen molar-refractivity contribution in [3.8, 4) is 0 Å². The molecule has 10 nitrogen and oxygen atoms in total. The fourth-order valence-electron chi connectivity index (χ4n) is 5.83. The van der Waals surface area contributed by atoms with E-state index in [1.54, 1.807) is 82.0 Å². The summed E-state index contributed by atoms with van der Waals surface area (Å²) in [5.41, 5.74) is -3.50. The highest BCUT2D eigenvalue weighted by molar-refractivity contribution is 7.90. The molecule has 40 heavy (non-hydrogen) atoms. The van der Waals surface area contributed by atoms with E-state index in [1.807, 2.05) is 0 Å². The Bertz CT molecular complexity index is 1360. The van der Waals surface area contributed by atoms with Crippen molar-refractivity contribution in [2.24, 2.45) is 5.92 Å². The smallest absolute Gasteiger partial charge is 0.408 e. The zero-order valence-corrected chi connectivity index (χ0v) is 24.3. The largest absolute Gasteiger partial charge is 0.480 e. The maximum Gasteiger partial charge on any atom is 0.408 e. The fraction of sp³-hybridized carbons (Fsp3) is 0.483. The third-order valence-corrected chi connectivity index (χ3v) is 9.21. The van der Waals surface area contributed by atoms with E-state index in [1.165, 1.54) is 12.1 Å². The lowest BCUT2D eigenvalue weighted by atomic mass is 9.72. The minimum atomic E-state index is -3.71. The van der Waals surface area contributed by atoms with Crippen molar-refractivity contribution in [1.29, 1.82) is 0 Å². The zero-order valence-electron chi connectivity index (χ0n) is 23.5. The number of amides is 1. The van der Waals surface area contributed by atoms with Gasteiger partial charge in [-0.25, -0.2) is 18.0 Å². The molecule has 1 unspecified atom stereocenters. The van der Waals surface area contributed by atoms with E-state index in [2.05, 4.69) is 5.32 Å². The molecular weight excluding hydrogens is 536 g/mol. The van der Waals surface area contributed by atoms with Crippen LogP contribution in [0.2, 0.25) is 0 Å². The second-order valence-electron chi connectivity index (χ2n) is 11.1. The molecule has 1 saturated heterocycles. The lowest BCUT2D eigenvalue weighted by Crippen LogP contribution is -2.63. The van der Waals surface area contributed by atoms with Gasteiger partial charge in [-0.15, -0.1) is 0 Å². The number of likely N-dealkylation sites (tertiary alicyclic amines) is 1. The van der Waals surface area contributed by atoms with Crippen molar-refractivity contribution < 1.29 is 37.8 Å². The summed E-state index contributed by atoms with van der Waals surface area (Å²) in [6, 6.07) is 14.8. The predicted octanol–water partition coefficient (Wildman–Crippen LogP) is 4.08. The van der Waals surface area contributed by atoms with Gasteiger partial charge >= 0.3 is 18.0 Å². The number of ether oxygens (including phenoxy) is 1. The van der Waals surface area contributed by atoms with Gasteiger partial charge in [-0.3, -0.25) is 9.69 Å². The number of alkyl carbamates (subject to hydrolysis) is 1. The van der Waals surface area contributed by atoms with E-state index in [0.29, 0.717) is 11.1 Å². The van der Waals surface area contributed by atoms with Gasteiger partial charge in [0.15, 0.2) is 15.4 Å². The van der Waals surface area contributed by atoms with Crippen LogP contribution in [0.25, 0.3) is 0 Å². The first-order valence-electron chi connectivity index (χ1n) is 13.2. The summed E-state index contributed by atoms with van der Waals surface area (Å²) >= 11 is 0. The molecular formula is C29H38N2O8S. The zero-order chi connectivity index (χ0) is 29.9. The quantitative estimate of drug-likeness (QED) is 0.381. The number of nitrogens with one attached hydrogen (secondary N) is 1. The predicted molar refractivity (Wildman–Crippen MR) is 148 cm³/mol. The number of sulfone groups is 1. The highest BCUT2D eigenvalue weighted by Crippen LogP contribution is 2.47. The Hall–Kier alpha value is -3.44. The highest BCUT2D eigenvalue weighted by atomic mass is 32.2. The molecule has 1 amide bonds. The summed E-state index contributed by atoms with van der Waals surface area (Å²) in [5, 5.41) is 23.6. The van der Waals surface area contributed by atoms with Gasteiger partial charge in [0.1, 0.15) is 11.1 Å². The molecule has 0 spiro atoms. The molecule has 1 fully saturated rings. The number of hydrogen-bond donors (Lipinski definition) is 3. The Balaban J connectivity index is 2.07. The van der Waals surface area contributed by atoms with Crippen molar-refractivity contribution in [2.45, 2.75) is 81.3 Å². The summed E-state index contributed by atoms with van der Waals surface area (Å²) < 4.78 is 31.7. The van der Waals surface area contributed by atoms with Crippen LogP contribution in [0.3, 0.4) is 0 Å². The normalized spacial score (nSPS) is 23.5. The lowest BCUT2D eigenvalue weighted by Gasteiger charge is -2.39. The van der Waals surface area contributed by atoms with Crippen LogP contribution >= 0.6 is 0 Å². The van der Waals surface area contributed by atoms with Crippen molar-refractivity contribution in [3.63, 3.8) is 0 Å². The van der Waals surface area contributed by atoms with E-state index >= 15 is 0 Å². The van der Waals surface area contributed by atoms with Crippen LogP contribution in [0.4, 0.5) is 4.79 Å². The van der Waals surface area contributed by atoms with Gasteiger partial charge in [0, 0.05) is 19.0 Å². The van der Waals surface area contributed by atoms with Crippen LogP contribution in [0.1, 0.15) is 58.6 Å². The second-order valence-corrected chi connectivity index (χ2v) is 13.1. The van der Waals surface area contributed by atoms with Crippen LogP contribution in [-0.4, -0.2) is 64.8 Å². The average molecular weight is 575 g/mol. The number of rotatable bonds is 10. The maximum absolute atomic E-state index is 13.2. The monoisotopic (exact) mass is 574 g/mol. The molecule has 0 radical (unpaired) electrons. The van der Waals surface area contributed by atoms with Crippen LogP contribution < -0.4 is 5.32 Å². The maximum atomic E-state index is 13.2. The van der Waals surface area contributed by atoms with Gasteiger partial charge in [-0.05, 0) is 56.9 Å². The van der Waals surface area contributed by atoms with E-state index in [-0.39, 0.29) is 36.6 Å². The topological polar surface area (TPSA) is 150 Å². The van der Waals surface area contributed by atoms with Crippen LogP contribution in [-0.2, 0) is 36.5 Å². The standard InChI is InChI=1S/C29H38N2O8S/c1-6-23-28(24(32)33,30-26(36)39-27(3,4)5)19-31(29(23,7-2)25(34)35)17-20-13-11-12-14-21(20)18-40(37,38)22-15-9-8-10-16-22/h8-16,23H,6-7,17-19H2,1-5H3,(H,30,36)(H,32,33)(H,34,35)/t23?,28-,29+/m0/s1. The molecule has 0 bridgehead atoms. The minimum absolute atomic E-state index is 0.0395. The van der Waals surface area contributed by atoms with Gasteiger partial charge in [0.05, 0.1) is 10.6 Å². The Kier molecular flexibility index (Phi) is 9.00. The first-order chi connectivity index (χ1) is 18.6. The third-order valence-electron chi connectivity index (χ3n) is 7.53. The minimum Gasteiger partial charge on any atom is -0.480 e. The first-order valence-corrected chi connectivity index (χ1v) is 14.9. The second kappa shape index (κ2) is 11.6. The number of aliphatic carboxylic acids is 2. The number of carbonyl (C=O) groups excluding carboxylic acids is 1. The number of carboxylic acid groups (broad SMARTS) is 2. The Labute approximate surface area is 235 Å². The van der Waals surface area contributed by atoms with Gasteiger partial charge in [-0.1, -0.05) is 56.3 Å². The number of nitrogens with zero attached hydrogens (tertiary/aromatic N) is 1. The summed E-state index contributed by atoms with van der Waals surface area (Å²) in [6.45, 7) is 7.93. The molecule has 11 heteroatoms. The molecule has 0 aliphatic carbocycles. The molecule has 0 saturated carbocycles. The molecule has 2 aromatic rings. The van der Waals surface area contributed by atoms with E-state index < -0.39 is 50.5 Å². The van der Waals surface area contributed by atoms with Crippen molar-refractivity contribution in [3.05, 3.63) is 65.7 Å². The fourth-order valence-corrected chi connectivity index (χ4v) is 7.26. The van der Waals surface area contributed by atoms with Crippen LogP contribution in [0, 0.1) is 5.92 Å². The summed E-state index contributed by atoms with van der Waals surface area (Å²) in [7, 11) is -3.71. The Morgan fingerprint density at radius 2 is 1.55 bits per heavy atom. The SMILES string of the molecule is CCC1[C@](CC)(C(=O)O)N(Cc2ccccc2CS(=O)(=O)c2ccccc2)C[C@@]1(NC(=O)OC(C)(C)C)C(=O)O. The van der Waals surface area contributed by atoms with Crippen molar-refractivity contribution in [1.82, 2.24) is 10.2 Å². The third kappa shape index (κ3) is 6.00. The van der Waals surface area contributed by atoms with Crippen LogP contribution in [0.5, 0.6) is 0 Å². The van der Waals surface area contributed by atoms with Gasteiger partial charge < -0.3 is 20.3 Å². The van der Waals surface area contributed by atoms with Gasteiger partial charge in [-0.2, -0.15) is 0 Å². The molecule has 218 valence electrons.